The highest BCUT2D eigenvalue weighted by molar-refractivity contribution is 7.91. The van der Waals surface area contributed by atoms with Crippen molar-refractivity contribution in [2.75, 3.05) is 5.75 Å². The molecule has 0 bridgehead atoms. The number of rotatable bonds is 3. The zero-order valence-electron chi connectivity index (χ0n) is 8.44. The van der Waals surface area contributed by atoms with Crippen LogP contribution in [0.4, 0.5) is 0 Å². The summed E-state index contributed by atoms with van der Waals surface area (Å²) < 4.78 is 23.8. The molecule has 0 saturated heterocycles. The lowest BCUT2D eigenvalue weighted by molar-refractivity contribution is 0.589. The molecule has 1 aromatic rings. The van der Waals surface area contributed by atoms with Crippen LogP contribution in [0.3, 0.4) is 0 Å². The van der Waals surface area contributed by atoms with Crippen LogP contribution in [0, 0.1) is 17.2 Å². The summed E-state index contributed by atoms with van der Waals surface area (Å²) in [4.78, 5) is -0.0968. The van der Waals surface area contributed by atoms with Crippen LogP contribution >= 0.6 is 23.2 Å². The monoisotopic (exact) mass is 277 g/mol. The molecule has 16 heavy (non-hydrogen) atoms. The van der Waals surface area contributed by atoms with Crippen LogP contribution in [0.5, 0.6) is 0 Å². The quantitative estimate of drug-likeness (QED) is 0.854. The van der Waals surface area contributed by atoms with Crippen molar-refractivity contribution in [3.05, 3.63) is 28.2 Å². The molecule has 0 aliphatic rings. The molecule has 0 aliphatic heterocycles. The Kier molecular flexibility index (Phi) is 4.20. The number of sulfone groups is 1. The van der Waals surface area contributed by atoms with Crippen molar-refractivity contribution in [3.63, 3.8) is 0 Å². The Morgan fingerprint density at radius 1 is 1.38 bits per heavy atom. The molecule has 0 N–H and O–H groups in total. The topological polar surface area (TPSA) is 57.9 Å². The van der Waals surface area contributed by atoms with Gasteiger partial charge < -0.3 is 0 Å². The lowest BCUT2D eigenvalue weighted by atomic mass is 10.3. The molecule has 0 aromatic heterocycles. The molecule has 1 rings (SSSR count). The summed E-state index contributed by atoms with van der Waals surface area (Å²) in [5.74, 6) is -0.884. The van der Waals surface area contributed by atoms with E-state index in [9.17, 15) is 8.42 Å². The smallest absolute Gasteiger partial charge is 0.182 e. The summed E-state index contributed by atoms with van der Waals surface area (Å²) in [6.45, 7) is 1.53. The first kappa shape index (κ1) is 13.3. The fourth-order valence-electron chi connectivity index (χ4n) is 1.23. The fourth-order valence-corrected chi connectivity index (χ4v) is 3.96. The third kappa shape index (κ3) is 2.88. The minimum absolute atomic E-state index is 0.0811. The second-order valence-electron chi connectivity index (χ2n) is 3.36. The van der Waals surface area contributed by atoms with Crippen molar-refractivity contribution in [1.82, 2.24) is 0 Å². The normalized spacial score (nSPS) is 13.1. The van der Waals surface area contributed by atoms with Crippen LogP contribution < -0.4 is 0 Å². The molecule has 0 fully saturated rings. The van der Waals surface area contributed by atoms with E-state index in [-0.39, 0.29) is 20.7 Å². The van der Waals surface area contributed by atoms with Crippen LogP contribution in [-0.4, -0.2) is 14.2 Å². The summed E-state index contributed by atoms with van der Waals surface area (Å²) >= 11 is 11.6. The maximum Gasteiger partial charge on any atom is 0.182 e. The van der Waals surface area contributed by atoms with Crippen molar-refractivity contribution in [1.29, 1.82) is 5.26 Å². The zero-order valence-corrected chi connectivity index (χ0v) is 10.8. The summed E-state index contributed by atoms with van der Waals surface area (Å²) in [7, 11) is -3.62. The number of halogens is 2. The van der Waals surface area contributed by atoms with Gasteiger partial charge in [0.1, 0.15) is 4.90 Å². The molecule has 0 saturated carbocycles. The fraction of sp³-hybridized carbons (Fsp3) is 0.300. The first-order chi connectivity index (χ1) is 7.38. The minimum atomic E-state index is -3.62. The Hall–Kier alpha value is -0.760. The van der Waals surface area contributed by atoms with Gasteiger partial charge in [0.25, 0.3) is 0 Å². The van der Waals surface area contributed by atoms with Gasteiger partial charge in [-0.05, 0) is 19.1 Å². The third-order valence-electron chi connectivity index (χ3n) is 1.92. The second kappa shape index (κ2) is 5.05. The van der Waals surface area contributed by atoms with Crippen molar-refractivity contribution >= 4 is 33.0 Å². The highest BCUT2D eigenvalue weighted by Gasteiger charge is 2.23. The van der Waals surface area contributed by atoms with Gasteiger partial charge in [-0.1, -0.05) is 29.3 Å². The van der Waals surface area contributed by atoms with Crippen LogP contribution in [-0.2, 0) is 9.84 Å². The second-order valence-corrected chi connectivity index (χ2v) is 6.15. The molecule has 1 unspecified atom stereocenters. The summed E-state index contributed by atoms with van der Waals surface area (Å²) in [6.07, 6.45) is 0. The molecule has 0 aliphatic carbocycles. The van der Waals surface area contributed by atoms with Gasteiger partial charge >= 0.3 is 0 Å². The third-order valence-corrected chi connectivity index (χ3v) is 4.77. The van der Waals surface area contributed by atoms with E-state index in [2.05, 4.69) is 0 Å². The molecular formula is C10H9Cl2NO2S. The highest BCUT2D eigenvalue weighted by atomic mass is 35.5. The van der Waals surface area contributed by atoms with E-state index in [1.807, 2.05) is 6.07 Å². The van der Waals surface area contributed by atoms with Gasteiger partial charge in [-0.2, -0.15) is 5.26 Å². The molecule has 0 amide bonds. The van der Waals surface area contributed by atoms with E-state index < -0.39 is 15.8 Å². The number of nitriles is 1. The SMILES string of the molecule is CC(C#N)CS(=O)(=O)c1c(Cl)cccc1Cl. The molecule has 1 aromatic carbocycles. The van der Waals surface area contributed by atoms with Gasteiger partial charge in [0.05, 0.1) is 27.8 Å². The van der Waals surface area contributed by atoms with E-state index in [0.717, 1.165) is 0 Å². The van der Waals surface area contributed by atoms with Gasteiger partial charge in [0.2, 0.25) is 0 Å². The van der Waals surface area contributed by atoms with E-state index in [4.69, 9.17) is 28.5 Å². The van der Waals surface area contributed by atoms with E-state index in [0.29, 0.717) is 0 Å². The summed E-state index contributed by atoms with van der Waals surface area (Å²) in [5.41, 5.74) is 0. The first-order valence-corrected chi connectivity index (χ1v) is 6.85. The van der Waals surface area contributed by atoms with Crippen LogP contribution in [0.2, 0.25) is 10.0 Å². The maximum atomic E-state index is 11.9. The molecule has 1 atom stereocenters. The summed E-state index contributed by atoms with van der Waals surface area (Å²) in [5, 5.41) is 8.77. The maximum absolute atomic E-state index is 11.9. The average Bonchev–Trinajstić information content (AvgIpc) is 2.16. The predicted octanol–water partition coefficient (Wildman–Crippen LogP) is 2.93. The number of hydrogen-bond acceptors (Lipinski definition) is 3. The van der Waals surface area contributed by atoms with Gasteiger partial charge in [0.15, 0.2) is 9.84 Å². The van der Waals surface area contributed by atoms with E-state index in [1.165, 1.54) is 19.1 Å². The Balaban J connectivity index is 3.24. The highest BCUT2D eigenvalue weighted by Crippen LogP contribution is 2.30. The minimum Gasteiger partial charge on any atom is -0.224 e. The average molecular weight is 278 g/mol. The zero-order chi connectivity index (χ0) is 12.3. The molecule has 0 spiro atoms. The van der Waals surface area contributed by atoms with Crippen molar-refractivity contribution in [2.45, 2.75) is 11.8 Å². The van der Waals surface area contributed by atoms with Crippen LogP contribution in [0.25, 0.3) is 0 Å². The van der Waals surface area contributed by atoms with Crippen molar-refractivity contribution < 1.29 is 8.42 Å². The van der Waals surface area contributed by atoms with Crippen molar-refractivity contribution in [2.24, 2.45) is 5.92 Å². The van der Waals surface area contributed by atoms with Crippen molar-refractivity contribution in [3.8, 4) is 6.07 Å². The predicted molar refractivity (Wildman–Crippen MR) is 63.3 cm³/mol. The molecule has 0 heterocycles. The van der Waals surface area contributed by atoms with Gasteiger partial charge in [-0.3, -0.25) is 0 Å². The molecular weight excluding hydrogens is 269 g/mol. The number of benzene rings is 1. The Labute approximate surface area is 105 Å². The molecule has 86 valence electrons. The van der Waals surface area contributed by atoms with Gasteiger partial charge in [-0.15, -0.1) is 0 Å². The van der Waals surface area contributed by atoms with Gasteiger partial charge in [-0.25, -0.2) is 8.42 Å². The standard InChI is InChI=1S/C10H9Cl2NO2S/c1-7(5-13)6-16(14,15)10-8(11)3-2-4-9(10)12/h2-4,7H,6H2,1H3. The molecule has 6 heteroatoms. The van der Waals surface area contributed by atoms with E-state index >= 15 is 0 Å². The summed E-state index contributed by atoms with van der Waals surface area (Å²) in [6, 6.07) is 6.34. The molecule has 0 radical (unpaired) electrons. The van der Waals surface area contributed by atoms with Crippen LogP contribution in [0.1, 0.15) is 6.92 Å². The molecule has 3 nitrogen and oxygen atoms in total. The Morgan fingerprint density at radius 3 is 2.31 bits per heavy atom. The van der Waals surface area contributed by atoms with Gasteiger partial charge in [0, 0.05) is 0 Å². The van der Waals surface area contributed by atoms with Crippen LogP contribution in [0.15, 0.2) is 23.1 Å². The number of hydrogen-bond donors (Lipinski definition) is 0. The Morgan fingerprint density at radius 2 is 1.88 bits per heavy atom. The largest absolute Gasteiger partial charge is 0.224 e. The Bertz CT molecular complexity index is 514. The lowest BCUT2D eigenvalue weighted by Gasteiger charge is -2.08. The number of nitrogens with zero attached hydrogens (tertiary/aromatic N) is 1. The van der Waals surface area contributed by atoms with E-state index in [1.54, 1.807) is 6.07 Å². The lowest BCUT2D eigenvalue weighted by Crippen LogP contribution is -2.13. The first-order valence-electron chi connectivity index (χ1n) is 4.45.